The Morgan fingerprint density at radius 1 is 0.556 bits per heavy atom. The maximum absolute atomic E-state index is 14.0. The number of amides is 5. The van der Waals surface area contributed by atoms with Gasteiger partial charge in [0.2, 0.25) is 11.8 Å². The van der Waals surface area contributed by atoms with Crippen LogP contribution in [0.25, 0.3) is 11.1 Å². The van der Waals surface area contributed by atoms with E-state index in [1.54, 1.807) is 62.3 Å². The molecule has 3 atom stereocenters. The molecule has 1 aliphatic rings. The second kappa shape index (κ2) is 23.5. The topological polar surface area (TPSA) is 237 Å². The molecule has 17 nitrogen and oxygen atoms in total. The zero-order chi connectivity index (χ0) is 47.0. The van der Waals surface area contributed by atoms with Crippen LogP contribution >= 0.6 is 0 Å². The minimum atomic E-state index is -1.37. The summed E-state index contributed by atoms with van der Waals surface area (Å²) in [6.45, 7) is 15.8. The largest absolute Gasteiger partial charge is 0.480 e. The van der Waals surface area contributed by atoms with Gasteiger partial charge in [0.15, 0.2) is 0 Å². The zero-order valence-electron chi connectivity index (χ0n) is 38.1. The lowest BCUT2D eigenvalue weighted by Gasteiger charge is -2.25. The molecule has 0 spiro atoms. The van der Waals surface area contributed by atoms with Gasteiger partial charge in [-0.15, -0.1) is 0 Å². The maximum atomic E-state index is 14.0. The van der Waals surface area contributed by atoms with Gasteiger partial charge in [-0.3, -0.25) is 14.4 Å². The van der Waals surface area contributed by atoms with Crippen molar-refractivity contribution in [1.82, 2.24) is 26.6 Å². The summed E-state index contributed by atoms with van der Waals surface area (Å²) >= 11 is 0. The number of hydrogen-bond donors (Lipinski definition) is 6. The van der Waals surface area contributed by atoms with Crippen LogP contribution in [0, 0.1) is 0 Å². The molecule has 63 heavy (non-hydrogen) atoms. The zero-order valence-corrected chi connectivity index (χ0v) is 38.1. The van der Waals surface area contributed by atoms with Gasteiger partial charge in [0.25, 0.3) is 0 Å². The minimum absolute atomic E-state index is 0.0133. The van der Waals surface area contributed by atoms with Crippen LogP contribution in [0.3, 0.4) is 0 Å². The summed E-state index contributed by atoms with van der Waals surface area (Å²) in [5.74, 6) is -3.80. The number of carbonyl (C=O) groups is 7. The molecule has 2 aromatic carbocycles. The SMILES string of the molecule is CC(C)(C)OC(=O)CC[C@H](NC(=O)OCC1c2ccccc2-c2ccccc21)C(=O)N[C@@H](CCCCNC(=O)OC(C)(C)C)C(=O)N[C@@H](CCCCNC(=O)OC(C)(C)C)C(=O)O. The van der Waals surface area contributed by atoms with Crippen LogP contribution in [0.5, 0.6) is 0 Å². The first kappa shape index (κ1) is 51.5. The van der Waals surface area contributed by atoms with Gasteiger partial charge in [-0.2, -0.15) is 0 Å². The number of esters is 1. The van der Waals surface area contributed by atoms with Crippen molar-refractivity contribution >= 4 is 42.0 Å². The lowest BCUT2D eigenvalue weighted by atomic mass is 9.98. The quantitative estimate of drug-likeness (QED) is 0.0450. The molecule has 0 heterocycles. The van der Waals surface area contributed by atoms with Gasteiger partial charge in [0.1, 0.15) is 41.5 Å². The van der Waals surface area contributed by atoms with Crippen LogP contribution in [-0.4, -0.2) is 102 Å². The highest BCUT2D eigenvalue weighted by Gasteiger charge is 2.33. The van der Waals surface area contributed by atoms with E-state index in [0.29, 0.717) is 25.7 Å². The predicted molar refractivity (Wildman–Crippen MR) is 235 cm³/mol. The Kier molecular flexibility index (Phi) is 19.2. The third-order valence-electron chi connectivity index (χ3n) is 9.43. The first-order valence-electron chi connectivity index (χ1n) is 21.5. The van der Waals surface area contributed by atoms with Gasteiger partial charge in [-0.1, -0.05) is 48.5 Å². The number of alkyl carbamates (subject to hydrolysis) is 3. The summed E-state index contributed by atoms with van der Waals surface area (Å²) in [6, 6.07) is 11.6. The maximum Gasteiger partial charge on any atom is 0.407 e. The summed E-state index contributed by atoms with van der Waals surface area (Å²) in [5.41, 5.74) is 1.82. The lowest BCUT2D eigenvalue weighted by Crippen LogP contribution is -2.56. The van der Waals surface area contributed by atoms with Crippen molar-refractivity contribution < 1.29 is 57.6 Å². The van der Waals surface area contributed by atoms with Gasteiger partial charge < -0.3 is 50.6 Å². The van der Waals surface area contributed by atoms with Crippen LogP contribution in [0.15, 0.2) is 48.5 Å². The summed E-state index contributed by atoms with van der Waals surface area (Å²) in [5, 5.41) is 23.0. The first-order chi connectivity index (χ1) is 29.4. The molecule has 0 saturated heterocycles. The number of carboxylic acids is 1. The Morgan fingerprint density at radius 3 is 1.44 bits per heavy atom. The van der Waals surface area contributed by atoms with E-state index in [1.807, 2.05) is 48.5 Å². The van der Waals surface area contributed by atoms with Gasteiger partial charge in [-0.25, -0.2) is 19.2 Å². The van der Waals surface area contributed by atoms with E-state index in [2.05, 4.69) is 26.6 Å². The average Bonchev–Trinajstić information content (AvgIpc) is 3.48. The number of benzene rings is 2. The Hall–Kier alpha value is -5.87. The highest BCUT2D eigenvalue weighted by atomic mass is 16.6. The van der Waals surface area contributed by atoms with E-state index >= 15 is 0 Å². The molecule has 6 N–H and O–H groups in total. The van der Waals surface area contributed by atoms with Crippen LogP contribution in [0.1, 0.15) is 131 Å². The normalized spacial score (nSPS) is 13.8. The molecule has 0 aliphatic heterocycles. The second-order valence-corrected chi connectivity index (χ2v) is 18.5. The summed E-state index contributed by atoms with van der Waals surface area (Å²) in [4.78, 5) is 90.5. The molecule has 0 aromatic heterocycles. The fraction of sp³-hybridized carbons (Fsp3) is 0.587. The van der Waals surface area contributed by atoms with E-state index in [0.717, 1.165) is 22.3 Å². The third kappa shape index (κ3) is 19.0. The van der Waals surface area contributed by atoms with E-state index in [-0.39, 0.29) is 51.3 Å². The smallest absolute Gasteiger partial charge is 0.407 e. The predicted octanol–water partition coefficient (Wildman–Crippen LogP) is 6.46. The van der Waals surface area contributed by atoms with Gasteiger partial charge in [0, 0.05) is 25.4 Å². The molecular weight excluding hydrogens is 815 g/mol. The number of hydrogen-bond acceptors (Lipinski definition) is 11. The molecule has 17 heteroatoms. The van der Waals surface area contributed by atoms with Crippen LogP contribution in [0.2, 0.25) is 0 Å². The van der Waals surface area contributed by atoms with Crippen LogP contribution in [0.4, 0.5) is 14.4 Å². The van der Waals surface area contributed by atoms with Crippen LogP contribution < -0.4 is 26.6 Å². The highest BCUT2D eigenvalue weighted by Crippen LogP contribution is 2.44. The van der Waals surface area contributed by atoms with Gasteiger partial charge in [0.05, 0.1) is 0 Å². The molecule has 5 amide bonds. The molecular formula is C46H67N5O12. The average molecular weight is 882 g/mol. The van der Waals surface area contributed by atoms with Crippen molar-refractivity contribution in [3.8, 4) is 11.1 Å². The van der Waals surface area contributed by atoms with E-state index in [1.165, 1.54) is 0 Å². The van der Waals surface area contributed by atoms with Crippen molar-refractivity contribution in [2.24, 2.45) is 0 Å². The van der Waals surface area contributed by atoms with Gasteiger partial charge >= 0.3 is 30.2 Å². The Bertz CT molecular complexity index is 1850. The number of nitrogens with one attached hydrogen (secondary N) is 5. The van der Waals surface area contributed by atoms with Crippen molar-refractivity contribution in [1.29, 1.82) is 0 Å². The number of aliphatic carboxylic acids is 1. The van der Waals surface area contributed by atoms with Crippen molar-refractivity contribution in [2.75, 3.05) is 19.7 Å². The van der Waals surface area contributed by atoms with Crippen molar-refractivity contribution in [2.45, 2.75) is 155 Å². The molecule has 348 valence electrons. The molecule has 3 rings (SSSR count). The van der Waals surface area contributed by atoms with Crippen molar-refractivity contribution in [3.63, 3.8) is 0 Å². The number of rotatable bonds is 21. The molecule has 0 unspecified atom stereocenters. The van der Waals surface area contributed by atoms with Gasteiger partial charge in [-0.05, 0) is 130 Å². The highest BCUT2D eigenvalue weighted by molar-refractivity contribution is 5.93. The fourth-order valence-corrected chi connectivity index (χ4v) is 6.73. The molecule has 0 saturated carbocycles. The molecule has 0 fully saturated rings. The van der Waals surface area contributed by atoms with E-state index < -0.39 is 77.0 Å². The van der Waals surface area contributed by atoms with Crippen molar-refractivity contribution in [3.05, 3.63) is 59.7 Å². The second-order valence-electron chi connectivity index (χ2n) is 18.5. The summed E-state index contributed by atoms with van der Waals surface area (Å²) < 4.78 is 21.6. The molecule has 0 bridgehead atoms. The van der Waals surface area contributed by atoms with Crippen LogP contribution in [-0.2, 0) is 38.1 Å². The standard InChI is InChI=1S/C46H67N5O12/c1-44(2,3)61-37(52)25-24-35(51-43(59)60-28-33-31-20-12-10-18-29(31)30-19-11-13-21-32(30)33)39(54)49-34(22-14-16-26-47-41(57)62-45(4,5)6)38(53)50-36(40(55)56)23-15-17-27-48-42(58)63-46(7,8)9/h10-13,18-21,33-36H,14-17,22-28H2,1-9H3,(H,47,57)(H,48,58)(H,49,54)(H,50,53)(H,51,59)(H,55,56)/t34-,35-,36-/m0/s1. The third-order valence-corrected chi connectivity index (χ3v) is 9.43. The summed E-state index contributed by atoms with van der Waals surface area (Å²) in [6.07, 6.45) is -1.24. The lowest BCUT2D eigenvalue weighted by molar-refractivity contribution is -0.155. The van der Waals surface area contributed by atoms with E-state index in [4.69, 9.17) is 18.9 Å². The minimum Gasteiger partial charge on any atom is -0.480 e. The number of ether oxygens (including phenoxy) is 4. The van der Waals surface area contributed by atoms with E-state index in [9.17, 15) is 38.7 Å². The Labute approximate surface area is 370 Å². The Morgan fingerprint density at radius 2 is 0.984 bits per heavy atom. The molecule has 2 aromatic rings. The number of fused-ring (bicyclic) bond motifs is 3. The Balaban J connectivity index is 1.75. The monoisotopic (exact) mass is 881 g/mol. The molecule has 0 radical (unpaired) electrons. The first-order valence-corrected chi connectivity index (χ1v) is 21.5. The fourth-order valence-electron chi connectivity index (χ4n) is 6.73. The molecule has 1 aliphatic carbocycles. The number of unbranched alkanes of at least 4 members (excludes halogenated alkanes) is 2. The number of carboxylic acid groups (broad SMARTS) is 1. The summed E-state index contributed by atoms with van der Waals surface area (Å²) in [7, 11) is 0. The number of carbonyl (C=O) groups excluding carboxylic acids is 6.